The van der Waals surface area contributed by atoms with E-state index < -0.39 is 19.9 Å². The Morgan fingerprint density at radius 2 is 0.775 bits per heavy atom. The van der Waals surface area contributed by atoms with Gasteiger partial charge < -0.3 is 27.9 Å². The van der Waals surface area contributed by atoms with Crippen LogP contribution in [0.1, 0.15) is 168 Å². The molecule has 2 unspecified atom stereocenters. The van der Waals surface area contributed by atoms with E-state index in [1.54, 1.807) is 0 Å². The third kappa shape index (κ3) is 56.9. The van der Waals surface area contributed by atoms with Gasteiger partial charge in [0.2, 0.25) is 0 Å². The summed E-state index contributed by atoms with van der Waals surface area (Å²) in [5.41, 5.74) is 0. The smallest absolute Gasteiger partial charge is 0.306 e. The molecule has 0 saturated carbocycles. The van der Waals surface area contributed by atoms with Crippen molar-refractivity contribution in [2.45, 2.75) is 174 Å². The van der Waals surface area contributed by atoms with Crippen molar-refractivity contribution in [2.24, 2.45) is 0 Å². The summed E-state index contributed by atoms with van der Waals surface area (Å²) in [7, 11) is 1.28. The van der Waals surface area contributed by atoms with Crippen LogP contribution in [-0.2, 0) is 27.9 Å². The normalized spacial score (nSPS) is 14.7. The molecule has 9 heteroatoms. The van der Waals surface area contributed by atoms with Crippen LogP contribution in [0.4, 0.5) is 0 Å². The van der Waals surface area contributed by atoms with Gasteiger partial charge in [0.05, 0.1) is 34.4 Å². The average molecular weight is 1000 g/mol. The molecule has 0 aromatic rings. The van der Waals surface area contributed by atoms with Crippen LogP contribution >= 0.6 is 7.82 Å². The third-order valence-electron chi connectivity index (χ3n) is 10.6. The van der Waals surface area contributed by atoms with Crippen molar-refractivity contribution in [3.05, 3.63) is 158 Å². The first-order valence-electron chi connectivity index (χ1n) is 27.2. The zero-order valence-electron chi connectivity index (χ0n) is 45.3. The summed E-state index contributed by atoms with van der Waals surface area (Å²) < 4.78 is 34.7. The second-order valence-electron chi connectivity index (χ2n) is 18.5. The van der Waals surface area contributed by atoms with Crippen molar-refractivity contribution < 1.29 is 37.3 Å². The van der Waals surface area contributed by atoms with E-state index in [1.165, 1.54) is 25.7 Å². The Kier molecular flexibility index (Phi) is 49.6. The Morgan fingerprint density at radius 1 is 0.437 bits per heavy atom. The molecule has 0 spiro atoms. The van der Waals surface area contributed by atoms with E-state index in [9.17, 15) is 14.3 Å². The molecule has 0 N–H and O–H groups in total. The number of carbonyl (C=O) groups is 1. The van der Waals surface area contributed by atoms with Crippen molar-refractivity contribution in [3.63, 3.8) is 0 Å². The Morgan fingerprint density at radius 3 is 1.15 bits per heavy atom. The van der Waals surface area contributed by atoms with Gasteiger partial charge >= 0.3 is 5.97 Å². The number of nitrogens with zero attached hydrogens (tertiary/aromatic N) is 1. The second-order valence-corrected chi connectivity index (χ2v) is 19.9. The fourth-order valence-corrected chi connectivity index (χ4v) is 7.21. The second kappa shape index (κ2) is 52.4. The van der Waals surface area contributed by atoms with Gasteiger partial charge in [-0.25, -0.2) is 0 Å². The minimum atomic E-state index is -4.57. The molecule has 0 aromatic carbocycles. The molecule has 0 aliphatic heterocycles. The van der Waals surface area contributed by atoms with Gasteiger partial charge in [-0.3, -0.25) is 9.36 Å². The maximum absolute atomic E-state index is 12.8. The Bertz CT molecular complexity index is 1680. The van der Waals surface area contributed by atoms with Crippen LogP contribution in [0.25, 0.3) is 0 Å². The van der Waals surface area contributed by atoms with E-state index in [-0.39, 0.29) is 26.2 Å². The third-order valence-corrected chi connectivity index (χ3v) is 11.5. The van der Waals surface area contributed by atoms with Crippen LogP contribution in [0.5, 0.6) is 0 Å². The van der Waals surface area contributed by atoms with Gasteiger partial charge in [-0.05, 0) is 116 Å². The molecular weight excluding hydrogens is 902 g/mol. The number of esters is 1. The number of allylic oxidation sites excluding steroid dienone is 26. The van der Waals surface area contributed by atoms with E-state index >= 15 is 0 Å². The Balaban J connectivity index is 4.30. The van der Waals surface area contributed by atoms with E-state index in [0.717, 1.165) is 116 Å². The van der Waals surface area contributed by atoms with Crippen LogP contribution in [0.15, 0.2) is 158 Å². The number of carbonyl (C=O) groups excluding carboxylic acids is 1. The molecule has 0 amide bonds. The van der Waals surface area contributed by atoms with E-state index in [4.69, 9.17) is 18.5 Å². The fourth-order valence-electron chi connectivity index (χ4n) is 6.48. The van der Waals surface area contributed by atoms with Crippen LogP contribution in [0, 0.1) is 0 Å². The van der Waals surface area contributed by atoms with E-state index in [2.05, 4.69) is 172 Å². The summed E-state index contributed by atoms with van der Waals surface area (Å²) in [5, 5.41) is 0. The van der Waals surface area contributed by atoms with E-state index in [1.807, 2.05) is 21.1 Å². The summed E-state index contributed by atoms with van der Waals surface area (Å²) in [5.74, 6) is -0.403. The summed E-state index contributed by atoms with van der Waals surface area (Å²) in [6.45, 7) is 5.03. The minimum Gasteiger partial charge on any atom is -0.756 e. The standard InChI is InChI=1S/C62H100NO7P/c1-6-8-10-12-14-16-18-20-22-24-26-28-30-31-32-34-36-38-40-42-44-46-48-50-52-54-57-67-59-61(60-69-71(65,66)68-58-56-63(3,4)5)70-62(64)55-53-51-49-47-45-43-41-39-37-35-33-29-27-25-23-21-19-17-15-13-11-9-7-2/h8-11,14-17,20-23,26-29,31-32,35-38,41,43,47,49,61H,6-7,12-13,18-19,24-25,30,33-34,39-40,42,44-46,48,50-60H2,1-5H3/b10-8-,11-9-,16-14-,17-15-,22-20-,23-21-,28-26-,29-27-,32-31-,37-35-,38-36-,43-41-,49-47-. The lowest BCUT2D eigenvalue weighted by molar-refractivity contribution is -0.870. The lowest BCUT2D eigenvalue weighted by Gasteiger charge is -2.28. The zero-order chi connectivity index (χ0) is 51.9. The van der Waals surface area contributed by atoms with Crippen molar-refractivity contribution in [2.75, 3.05) is 54.1 Å². The van der Waals surface area contributed by atoms with E-state index in [0.29, 0.717) is 24.1 Å². The molecule has 71 heavy (non-hydrogen) atoms. The number of likely N-dealkylation sites (N-methyl/N-ethyl adjacent to an activating group) is 1. The highest BCUT2D eigenvalue weighted by atomic mass is 31.2. The topological polar surface area (TPSA) is 94.1 Å². The molecule has 0 aliphatic rings. The molecule has 0 saturated heterocycles. The van der Waals surface area contributed by atoms with Crippen LogP contribution in [0.3, 0.4) is 0 Å². The number of quaternary nitrogens is 1. The highest BCUT2D eigenvalue weighted by molar-refractivity contribution is 7.45. The van der Waals surface area contributed by atoms with Gasteiger partial charge in [-0.1, -0.05) is 204 Å². The lowest BCUT2D eigenvalue weighted by Crippen LogP contribution is -2.37. The molecule has 2 atom stereocenters. The molecule has 0 aromatic heterocycles. The number of unbranched alkanes of at least 4 members (excludes halogenated alkanes) is 8. The average Bonchev–Trinajstić information content (AvgIpc) is 3.33. The first kappa shape index (κ1) is 67.1. The summed E-state index contributed by atoms with van der Waals surface area (Å²) >= 11 is 0. The zero-order valence-corrected chi connectivity index (χ0v) is 46.2. The molecule has 8 nitrogen and oxygen atoms in total. The number of ether oxygens (including phenoxy) is 2. The summed E-state index contributed by atoms with van der Waals surface area (Å²) in [6, 6.07) is 0. The lowest BCUT2D eigenvalue weighted by atomic mass is 10.1. The molecule has 0 fully saturated rings. The highest BCUT2D eigenvalue weighted by Gasteiger charge is 2.20. The number of phosphoric acid groups is 1. The summed E-state index contributed by atoms with van der Waals surface area (Å²) in [6.07, 6.45) is 80.0. The molecule has 0 aliphatic carbocycles. The van der Waals surface area contributed by atoms with Gasteiger partial charge in [-0.2, -0.15) is 0 Å². The minimum absolute atomic E-state index is 0.00230. The van der Waals surface area contributed by atoms with Crippen molar-refractivity contribution in [1.82, 2.24) is 0 Å². The number of hydrogen-bond donors (Lipinski definition) is 0. The van der Waals surface area contributed by atoms with Gasteiger partial charge in [-0.15, -0.1) is 0 Å². The van der Waals surface area contributed by atoms with Gasteiger partial charge in [0.25, 0.3) is 7.82 Å². The predicted octanol–water partition coefficient (Wildman–Crippen LogP) is 16.8. The van der Waals surface area contributed by atoms with Crippen molar-refractivity contribution in [1.29, 1.82) is 0 Å². The quantitative estimate of drug-likeness (QED) is 0.0197. The monoisotopic (exact) mass is 1000 g/mol. The number of hydrogen-bond acceptors (Lipinski definition) is 7. The van der Waals surface area contributed by atoms with Crippen molar-refractivity contribution in [3.8, 4) is 0 Å². The van der Waals surface area contributed by atoms with Crippen molar-refractivity contribution >= 4 is 13.8 Å². The van der Waals surface area contributed by atoms with Crippen LogP contribution < -0.4 is 4.89 Å². The molecular formula is C62H100NO7P. The molecule has 0 radical (unpaired) electrons. The first-order chi connectivity index (χ1) is 34.6. The number of phosphoric ester groups is 1. The first-order valence-corrected chi connectivity index (χ1v) is 28.7. The maximum Gasteiger partial charge on any atom is 0.306 e. The predicted molar refractivity (Wildman–Crippen MR) is 304 cm³/mol. The van der Waals surface area contributed by atoms with Gasteiger partial charge in [0.15, 0.2) is 0 Å². The van der Waals surface area contributed by atoms with Crippen LogP contribution in [0.2, 0.25) is 0 Å². The molecule has 0 rings (SSSR count). The highest BCUT2D eigenvalue weighted by Crippen LogP contribution is 2.38. The number of rotatable bonds is 48. The SMILES string of the molecule is CC/C=C\C/C=C\C/C=C\C/C=C\C/C=C\C/C=C\C/C=C\CCCC(=O)OC(COCCCCCCCCC/C=C\C/C=C\C/C=C\C/C=C\C/C=C\C/C=C\CC)COP(=O)([O-])OCC[N+](C)(C)C. The Labute approximate surface area is 435 Å². The van der Waals surface area contributed by atoms with Gasteiger partial charge in [0, 0.05) is 13.0 Å². The maximum atomic E-state index is 12.8. The molecule has 400 valence electrons. The Hall–Kier alpha value is -3.88. The molecule has 0 bridgehead atoms. The fraction of sp³-hybridized carbons (Fsp3) is 0.565. The molecule has 0 heterocycles. The summed E-state index contributed by atoms with van der Waals surface area (Å²) in [4.78, 5) is 25.2. The largest absolute Gasteiger partial charge is 0.756 e. The van der Waals surface area contributed by atoms with Crippen LogP contribution in [-0.4, -0.2) is 70.7 Å². The van der Waals surface area contributed by atoms with Gasteiger partial charge in [0.1, 0.15) is 19.3 Å².